The van der Waals surface area contributed by atoms with Gasteiger partial charge in [0.05, 0.1) is 27.1 Å². The first-order valence-electron chi connectivity index (χ1n) is 21.9. The summed E-state index contributed by atoms with van der Waals surface area (Å²) in [5.74, 6) is 0. The summed E-state index contributed by atoms with van der Waals surface area (Å²) in [7, 11) is -2.63. The van der Waals surface area contributed by atoms with Gasteiger partial charge in [0.1, 0.15) is 0 Å². The minimum Gasteiger partial charge on any atom is -0.309 e. The minimum absolute atomic E-state index is 1.11. The molecule has 302 valence electrons. The number of nitrogens with zero attached hydrogens (tertiary/aromatic N) is 2. The van der Waals surface area contributed by atoms with E-state index >= 15 is 0 Å². The molecule has 2 nitrogen and oxygen atoms in total. The van der Waals surface area contributed by atoms with Gasteiger partial charge in [-0.25, -0.2) is 0 Å². The second-order valence-electron chi connectivity index (χ2n) is 16.4. The van der Waals surface area contributed by atoms with Crippen LogP contribution < -0.4 is 25.6 Å². The van der Waals surface area contributed by atoms with Crippen LogP contribution in [0.5, 0.6) is 0 Å². The predicted octanol–water partition coefficient (Wildman–Crippen LogP) is 13.7. The molecule has 0 bridgehead atoms. The van der Waals surface area contributed by atoms with Crippen molar-refractivity contribution in [3.05, 3.63) is 255 Å². The average Bonchev–Trinajstić information content (AvgIpc) is 3.93. The summed E-state index contributed by atoms with van der Waals surface area (Å²) in [6, 6.07) is 94.0. The highest BCUT2D eigenvalue weighted by Gasteiger charge is 2.41. The quantitative estimate of drug-likeness (QED) is 0.104. The molecule has 64 heavy (non-hydrogen) atoms. The van der Waals surface area contributed by atoms with E-state index in [-0.39, 0.29) is 0 Å². The lowest BCUT2D eigenvalue weighted by Crippen LogP contribution is -2.74. The van der Waals surface area contributed by atoms with Gasteiger partial charge in [0, 0.05) is 37.6 Å². The Bertz CT molecular complexity index is 3490. The fraction of sp³-hybridized carbons (Fsp3) is 0. The van der Waals surface area contributed by atoms with Gasteiger partial charge in [0.15, 0.2) is 8.07 Å². The Morgan fingerprint density at radius 3 is 1.45 bits per heavy atom. The first-order valence-corrected chi connectivity index (χ1v) is 24.7. The Kier molecular flexibility index (Phi) is 9.40. The Labute approximate surface area is 378 Å². The number of rotatable bonds is 9. The highest BCUT2D eigenvalue weighted by Crippen LogP contribution is 2.48. The Hall–Kier alpha value is -7.76. The molecule has 0 N–H and O–H groups in total. The average molecular weight is 851 g/mol. The maximum Gasteiger partial charge on any atom is 0.179 e. The van der Waals surface area contributed by atoms with Crippen LogP contribution in [0.25, 0.3) is 58.8 Å². The lowest BCUT2D eigenvalue weighted by atomic mass is 10.0. The number of hydrogen-bond donors (Lipinski definition) is 0. The molecule has 0 saturated heterocycles. The molecule has 2 heterocycles. The molecule has 0 unspecified atom stereocenters. The maximum atomic E-state index is 2.49. The van der Waals surface area contributed by atoms with Crippen LogP contribution in [-0.4, -0.2) is 12.6 Å². The van der Waals surface area contributed by atoms with E-state index in [1.54, 1.807) is 0 Å². The summed E-state index contributed by atoms with van der Waals surface area (Å²) in [6.07, 6.45) is 0. The molecule has 0 amide bonds. The van der Waals surface area contributed by atoms with Crippen LogP contribution in [0.15, 0.2) is 255 Å². The number of para-hydroxylation sites is 2. The molecule has 4 heteroatoms. The van der Waals surface area contributed by atoms with Crippen molar-refractivity contribution in [3.8, 4) is 16.8 Å². The molecule has 0 aliphatic rings. The summed E-state index contributed by atoms with van der Waals surface area (Å²) < 4.78 is 4.97. The molecule has 0 aliphatic heterocycles. The molecule has 0 aliphatic carbocycles. The lowest BCUT2D eigenvalue weighted by Gasteiger charge is -2.34. The van der Waals surface area contributed by atoms with Crippen LogP contribution in [-0.2, 0) is 0 Å². The van der Waals surface area contributed by atoms with E-state index in [0.29, 0.717) is 0 Å². The number of hydrogen-bond acceptors (Lipinski definition) is 2. The molecule has 12 rings (SSSR count). The van der Waals surface area contributed by atoms with Gasteiger partial charge in [-0.1, -0.05) is 200 Å². The van der Waals surface area contributed by atoms with Gasteiger partial charge >= 0.3 is 0 Å². The molecule has 0 saturated carbocycles. The van der Waals surface area contributed by atoms with E-state index < -0.39 is 8.07 Å². The molecule has 2 aromatic heterocycles. The van der Waals surface area contributed by atoms with Crippen molar-refractivity contribution < 1.29 is 0 Å². The van der Waals surface area contributed by atoms with E-state index in [1.165, 1.54) is 79.5 Å². The number of anilines is 3. The topological polar surface area (TPSA) is 8.17 Å². The highest BCUT2D eigenvalue weighted by atomic mass is 32.1. The van der Waals surface area contributed by atoms with E-state index in [2.05, 4.69) is 264 Å². The van der Waals surface area contributed by atoms with Gasteiger partial charge in [-0.05, 0) is 86.5 Å². The van der Waals surface area contributed by atoms with Crippen LogP contribution in [0.3, 0.4) is 0 Å². The number of benzene rings is 10. The predicted molar refractivity (Wildman–Crippen MR) is 277 cm³/mol. The van der Waals surface area contributed by atoms with Gasteiger partial charge < -0.3 is 9.47 Å². The first kappa shape index (κ1) is 38.0. The van der Waals surface area contributed by atoms with Gasteiger partial charge in [-0.3, -0.25) is 0 Å². The van der Waals surface area contributed by atoms with Crippen molar-refractivity contribution in [3.63, 3.8) is 0 Å². The smallest absolute Gasteiger partial charge is 0.179 e. The second-order valence-corrected chi connectivity index (χ2v) is 21.3. The third kappa shape index (κ3) is 6.14. The van der Waals surface area contributed by atoms with Crippen molar-refractivity contribution in [1.82, 2.24) is 4.57 Å². The van der Waals surface area contributed by atoms with Gasteiger partial charge in [-0.15, -0.1) is 11.3 Å². The van der Waals surface area contributed by atoms with Crippen LogP contribution in [0.4, 0.5) is 17.1 Å². The third-order valence-corrected chi connectivity index (χ3v) is 19.0. The van der Waals surface area contributed by atoms with Crippen LogP contribution >= 0.6 is 11.3 Å². The third-order valence-electron chi connectivity index (χ3n) is 13.0. The summed E-state index contributed by atoms with van der Waals surface area (Å²) >= 11 is 1.87. The largest absolute Gasteiger partial charge is 0.309 e. The summed E-state index contributed by atoms with van der Waals surface area (Å²) in [4.78, 5) is 2.49. The van der Waals surface area contributed by atoms with Crippen molar-refractivity contribution in [2.24, 2.45) is 0 Å². The van der Waals surface area contributed by atoms with Crippen molar-refractivity contribution in [2.75, 3.05) is 4.90 Å². The van der Waals surface area contributed by atoms with Crippen molar-refractivity contribution >= 4 is 99.2 Å². The summed E-state index contributed by atoms with van der Waals surface area (Å²) in [6.45, 7) is 0. The Morgan fingerprint density at radius 2 is 0.812 bits per heavy atom. The molecular formula is C60H42N2SSi. The van der Waals surface area contributed by atoms with Crippen LogP contribution in [0.2, 0.25) is 0 Å². The number of thiophene rings is 1. The fourth-order valence-corrected chi connectivity index (χ4v) is 16.1. The van der Waals surface area contributed by atoms with Gasteiger partial charge in [0.25, 0.3) is 0 Å². The Morgan fingerprint density at radius 1 is 0.344 bits per heavy atom. The van der Waals surface area contributed by atoms with E-state index in [1.807, 2.05) is 11.3 Å². The van der Waals surface area contributed by atoms with Crippen molar-refractivity contribution in [1.29, 1.82) is 0 Å². The number of aromatic nitrogens is 1. The molecule has 10 aromatic carbocycles. The van der Waals surface area contributed by atoms with Gasteiger partial charge in [0.2, 0.25) is 0 Å². The zero-order valence-electron chi connectivity index (χ0n) is 35.1. The monoisotopic (exact) mass is 850 g/mol. The van der Waals surface area contributed by atoms with E-state index in [4.69, 9.17) is 0 Å². The molecule has 0 radical (unpaired) electrons. The zero-order chi connectivity index (χ0) is 42.5. The second kappa shape index (κ2) is 15.9. The minimum atomic E-state index is -2.63. The highest BCUT2D eigenvalue weighted by molar-refractivity contribution is 7.26. The summed E-state index contributed by atoms with van der Waals surface area (Å²) in [5, 5.41) is 10.5. The van der Waals surface area contributed by atoms with Gasteiger partial charge in [-0.2, -0.15) is 0 Å². The fourth-order valence-electron chi connectivity index (χ4n) is 10.1. The maximum absolute atomic E-state index is 2.63. The SMILES string of the molecule is c1ccc(-n2c3ccccc3c3c(N(c4ccc(-c5ccc([Si](c6ccccc6)(c6ccccc6)c6ccccc6)cc5)cc4)c4cccc5c4sc4ccccc45)cccc32)cc1. The standard InChI is InChI=1S/C60H42N2SSi/c1-5-19-45(20-6-1)61-54-30-15-13-28-53(54)59-55(61)31-18-32-56(59)62(57-33-17-29-52-51-27-14-16-34-58(51)63-60(52)57)46-39-35-43(36-40-46)44-37-41-50(42-38-44)64(47-21-7-2-8-22-47,48-23-9-3-10-24-48)49-25-11-4-12-26-49/h1-42H. The van der Waals surface area contributed by atoms with E-state index in [9.17, 15) is 0 Å². The molecule has 12 aromatic rings. The Balaban J connectivity index is 1.02. The lowest BCUT2D eigenvalue weighted by molar-refractivity contribution is 1.18. The zero-order valence-corrected chi connectivity index (χ0v) is 36.9. The van der Waals surface area contributed by atoms with E-state index in [0.717, 1.165) is 17.1 Å². The molecule has 0 fully saturated rings. The first-order chi connectivity index (χ1) is 31.8. The molecule has 0 spiro atoms. The van der Waals surface area contributed by atoms with Crippen LogP contribution in [0.1, 0.15) is 0 Å². The van der Waals surface area contributed by atoms with Crippen molar-refractivity contribution in [2.45, 2.75) is 0 Å². The normalized spacial score (nSPS) is 11.8. The molecular weight excluding hydrogens is 809 g/mol. The molecule has 0 atom stereocenters. The summed E-state index contributed by atoms with van der Waals surface area (Å²) in [5.41, 5.74) is 9.32. The van der Waals surface area contributed by atoms with Crippen LogP contribution in [0, 0.1) is 0 Å². The number of fused-ring (bicyclic) bond motifs is 6.